The number of carbonyl (C=O) groups is 1. The van der Waals surface area contributed by atoms with E-state index in [9.17, 15) is 4.79 Å². The lowest BCUT2D eigenvalue weighted by Crippen LogP contribution is -2.62. The Morgan fingerprint density at radius 3 is 2.62 bits per heavy atom. The van der Waals surface area contributed by atoms with Crippen LogP contribution in [0.4, 0.5) is 0 Å². The van der Waals surface area contributed by atoms with Crippen LogP contribution < -0.4 is 0 Å². The minimum absolute atomic E-state index is 0.326. The summed E-state index contributed by atoms with van der Waals surface area (Å²) in [6.45, 7) is 7.51. The normalized spacial score (nSPS) is 54.2. The lowest BCUT2D eigenvalue weighted by atomic mass is 9.45. The standard InChI is InChI=1S/C21H35NO2/c1-13-10-17-21(3,9-7-18(23)22(17)4)15-6-8-20(2)12-14(24-5)11-16(20)19(13)15/h13-17,19H,6-12H2,1-5H3/t13?,14?,15?,16?,17?,19?,20-,21-/m1/s1. The zero-order chi connectivity index (χ0) is 17.3. The SMILES string of the molecule is COC1CC2C3C(C)CC4N(C)C(=O)CC[C@]4(C)C3CC[C@]2(C)C1. The van der Waals surface area contributed by atoms with Crippen molar-refractivity contribution in [1.82, 2.24) is 4.90 Å². The molecule has 0 N–H and O–H groups in total. The third kappa shape index (κ3) is 2.15. The van der Waals surface area contributed by atoms with Gasteiger partial charge in [-0.25, -0.2) is 0 Å². The molecule has 3 nitrogen and oxygen atoms in total. The Labute approximate surface area is 147 Å². The summed E-state index contributed by atoms with van der Waals surface area (Å²) in [5.74, 6) is 3.52. The fourth-order valence-corrected chi connectivity index (χ4v) is 7.64. The molecule has 4 aliphatic rings. The van der Waals surface area contributed by atoms with Crippen LogP contribution in [0.3, 0.4) is 0 Å². The zero-order valence-electron chi connectivity index (χ0n) is 16.2. The van der Waals surface area contributed by atoms with Crippen molar-refractivity contribution in [2.75, 3.05) is 14.2 Å². The molecule has 0 aromatic heterocycles. The molecule has 3 saturated carbocycles. The van der Waals surface area contributed by atoms with Crippen LogP contribution in [0.2, 0.25) is 0 Å². The molecule has 1 saturated heterocycles. The van der Waals surface area contributed by atoms with Gasteiger partial charge in [0.1, 0.15) is 0 Å². The van der Waals surface area contributed by atoms with Crippen molar-refractivity contribution in [2.45, 2.75) is 77.9 Å². The number of amides is 1. The maximum Gasteiger partial charge on any atom is 0.222 e. The van der Waals surface area contributed by atoms with Gasteiger partial charge in [-0.2, -0.15) is 0 Å². The number of carbonyl (C=O) groups excluding carboxylic acids is 1. The molecule has 6 unspecified atom stereocenters. The lowest BCUT2D eigenvalue weighted by molar-refractivity contribution is -0.164. The number of methoxy groups -OCH3 is 1. The van der Waals surface area contributed by atoms with Crippen LogP contribution in [0.15, 0.2) is 0 Å². The molecule has 1 heterocycles. The topological polar surface area (TPSA) is 29.5 Å². The second-order valence-electron chi connectivity index (χ2n) is 10.0. The predicted molar refractivity (Wildman–Crippen MR) is 95.5 cm³/mol. The van der Waals surface area contributed by atoms with Gasteiger partial charge in [-0.1, -0.05) is 20.8 Å². The molecule has 24 heavy (non-hydrogen) atoms. The first kappa shape index (κ1) is 16.9. The highest BCUT2D eigenvalue weighted by molar-refractivity contribution is 5.77. The van der Waals surface area contributed by atoms with Gasteiger partial charge >= 0.3 is 0 Å². The van der Waals surface area contributed by atoms with Crippen LogP contribution >= 0.6 is 0 Å². The number of fused-ring (bicyclic) bond motifs is 5. The van der Waals surface area contributed by atoms with Gasteiger partial charge in [-0.05, 0) is 73.0 Å². The molecule has 0 aromatic rings. The average Bonchev–Trinajstić information content (AvgIpc) is 2.90. The Hall–Kier alpha value is -0.570. The van der Waals surface area contributed by atoms with E-state index < -0.39 is 0 Å². The fourth-order valence-electron chi connectivity index (χ4n) is 7.64. The van der Waals surface area contributed by atoms with Crippen molar-refractivity contribution in [2.24, 2.45) is 34.5 Å². The van der Waals surface area contributed by atoms with Gasteiger partial charge in [0.15, 0.2) is 0 Å². The summed E-state index contributed by atoms with van der Waals surface area (Å²) >= 11 is 0. The molecular weight excluding hydrogens is 298 g/mol. The first-order valence-electron chi connectivity index (χ1n) is 10.1. The van der Waals surface area contributed by atoms with E-state index in [4.69, 9.17) is 4.74 Å². The molecule has 4 fully saturated rings. The van der Waals surface area contributed by atoms with Crippen molar-refractivity contribution >= 4 is 5.91 Å². The third-order valence-corrected chi connectivity index (χ3v) is 8.99. The second-order valence-corrected chi connectivity index (χ2v) is 10.0. The minimum atomic E-state index is 0.326. The number of nitrogens with zero attached hydrogens (tertiary/aromatic N) is 1. The Morgan fingerprint density at radius 2 is 1.92 bits per heavy atom. The van der Waals surface area contributed by atoms with E-state index in [1.165, 1.54) is 32.1 Å². The van der Waals surface area contributed by atoms with Crippen molar-refractivity contribution < 1.29 is 9.53 Å². The highest BCUT2D eigenvalue weighted by atomic mass is 16.5. The first-order valence-corrected chi connectivity index (χ1v) is 10.1. The molecule has 0 radical (unpaired) electrons. The lowest BCUT2D eigenvalue weighted by Gasteiger charge is -2.63. The van der Waals surface area contributed by atoms with Crippen molar-refractivity contribution in [3.8, 4) is 0 Å². The quantitative estimate of drug-likeness (QED) is 0.723. The van der Waals surface area contributed by atoms with E-state index in [0.717, 1.165) is 36.5 Å². The summed E-state index contributed by atoms with van der Waals surface area (Å²) in [6, 6.07) is 0.457. The maximum absolute atomic E-state index is 12.3. The molecule has 0 bridgehead atoms. The van der Waals surface area contributed by atoms with Gasteiger partial charge in [0.2, 0.25) is 5.91 Å². The Kier molecular flexibility index (Phi) is 3.84. The first-order chi connectivity index (χ1) is 11.3. The van der Waals surface area contributed by atoms with Crippen molar-refractivity contribution in [3.63, 3.8) is 0 Å². The van der Waals surface area contributed by atoms with Crippen LogP contribution in [-0.4, -0.2) is 37.1 Å². The molecule has 8 atom stereocenters. The number of rotatable bonds is 1. The summed E-state index contributed by atoms with van der Waals surface area (Å²) in [6.07, 6.45) is 8.74. The summed E-state index contributed by atoms with van der Waals surface area (Å²) in [7, 11) is 3.95. The van der Waals surface area contributed by atoms with Crippen LogP contribution in [0.1, 0.15) is 65.7 Å². The third-order valence-electron chi connectivity index (χ3n) is 8.99. The highest BCUT2D eigenvalue weighted by Gasteiger charge is 2.62. The summed E-state index contributed by atoms with van der Waals surface area (Å²) in [5.41, 5.74) is 0.808. The van der Waals surface area contributed by atoms with Gasteiger partial charge in [0.25, 0.3) is 0 Å². The molecular formula is C21H35NO2. The van der Waals surface area contributed by atoms with Gasteiger partial charge in [0, 0.05) is 26.6 Å². The highest BCUT2D eigenvalue weighted by Crippen LogP contribution is 2.66. The zero-order valence-corrected chi connectivity index (χ0v) is 16.2. The maximum atomic E-state index is 12.3. The molecule has 3 heteroatoms. The fraction of sp³-hybridized carbons (Fsp3) is 0.952. The number of ether oxygens (including phenoxy) is 1. The predicted octanol–water partition coefficient (Wildman–Crippen LogP) is 4.11. The van der Waals surface area contributed by atoms with Crippen molar-refractivity contribution in [1.29, 1.82) is 0 Å². The van der Waals surface area contributed by atoms with E-state index in [-0.39, 0.29) is 0 Å². The Morgan fingerprint density at radius 1 is 1.17 bits per heavy atom. The molecule has 3 aliphatic carbocycles. The Balaban J connectivity index is 1.68. The van der Waals surface area contributed by atoms with Gasteiger partial charge in [-0.3, -0.25) is 4.79 Å². The second kappa shape index (κ2) is 5.46. The summed E-state index contributed by atoms with van der Waals surface area (Å²) in [4.78, 5) is 14.4. The van der Waals surface area contributed by atoms with E-state index in [1.807, 2.05) is 7.11 Å². The smallest absolute Gasteiger partial charge is 0.222 e. The van der Waals surface area contributed by atoms with E-state index in [0.29, 0.717) is 28.9 Å². The van der Waals surface area contributed by atoms with E-state index in [2.05, 4.69) is 32.7 Å². The van der Waals surface area contributed by atoms with Gasteiger partial charge in [-0.15, -0.1) is 0 Å². The monoisotopic (exact) mass is 333 g/mol. The molecule has 0 spiro atoms. The largest absolute Gasteiger partial charge is 0.381 e. The average molecular weight is 334 g/mol. The molecule has 136 valence electrons. The molecule has 0 aromatic carbocycles. The van der Waals surface area contributed by atoms with Crippen LogP contribution in [0.5, 0.6) is 0 Å². The van der Waals surface area contributed by atoms with Crippen LogP contribution in [-0.2, 0) is 9.53 Å². The minimum Gasteiger partial charge on any atom is -0.381 e. The number of hydrogen-bond donors (Lipinski definition) is 0. The molecule has 1 aliphatic heterocycles. The number of hydrogen-bond acceptors (Lipinski definition) is 2. The van der Waals surface area contributed by atoms with Crippen LogP contribution in [0, 0.1) is 34.5 Å². The summed E-state index contributed by atoms with van der Waals surface area (Å²) < 4.78 is 5.79. The molecule has 4 rings (SSSR count). The summed E-state index contributed by atoms with van der Waals surface area (Å²) in [5, 5.41) is 0. The van der Waals surface area contributed by atoms with Gasteiger partial charge < -0.3 is 9.64 Å². The number of piperidine rings is 1. The molecule has 1 amide bonds. The Bertz CT molecular complexity index is 534. The van der Waals surface area contributed by atoms with Crippen LogP contribution in [0.25, 0.3) is 0 Å². The number of likely N-dealkylation sites (tertiary alicyclic amines) is 1. The van der Waals surface area contributed by atoms with Crippen molar-refractivity contribution in [3.05, 3.63) is 0 Å². The van der Waals surface area contributed by atoms with E-state index >= 15 is 0 Å². The van der Waals surface area contributed by atoms with E-state index in [1.54, 1.807) is 0 Å². The van der Waals surface area contributed by atoms with Gasteiger partial charge in [0.05, 0.1) is 6.10 Å².